The molecular weight excluding hydrogens is 389 g/mol. The van der Waals surface area contributed by atoms with Crippen molar-refractivity contribution in [1.82, 2.24) is 0 Å². The van der Waals surface area contributed by atoms with E-state index in [-0.39, 0.29) is 0 Å². The summed E-state index contributed by atoms with van der Waals surface area (Å²) in [4.78, 5) is 0. The van der Waals surface area contributed by atoms with Crippen LogP contribution in [0.4, 0.5) is 5.69 Å². The fourth-order valence-corrected chi connectivity index (χ4v) is 3.17. The van der Waals surface area contributed by atoms with E-state index in [1.54, 1.807) is 0 Å². The standard InChI is InChI=1S/C21H18Cl3NO/c1-14-5-6-19(24)11-20(14)25-12-16-10-18(23)7-8-21(16)26-13-15-3-2-4-17(22)9-15/h2-11,25H,12-13H2,1H3. The van der Waals surface area contributed by atoms with Crippen LogP contribution in [0.5, 0.6) is 5.75 Å². The monoisotopic (exact) mass is 405 g/mol. The predicted octanol–water partition coefficient (Wildman–Crippen LogP) is 7.15. The van der Waals surface area contributed by atoms with Crippen LogP contribution in [0.25, 0.3) is 0 Å². The van der Waals surface area contributed by atoms with E-state index >= 15 is 0 Å². The highest BCUT2D eigenvalue weighted by atomic mass is 35.5. The molecule has 2 nitrogen and oxygen atoms in total. The molecule has 0 saturated heterocycles. The number of benzene rings is 3. The van der Waals surface area contributed by atoms with Gasteiger partial charge >= 0.3 is 0 Å². The molecule has 0 saturated carbocycles. The maximum atomic E-state index is 6.17. The first-order valence-electron chi connectivity index (χ1n) is 8.17. The lowest BCUT2D eigenvalue weighted by atomic mass is 10.1. The van der Waals surface area contributed by atoms with Crippen LogP contribution in [0.1, 0.15) is 16.7 Å². The lowest BCUT2D eigenvalue weighted by Gasteiger charge is -2.15. The number of halogens is 3. The highest BCUT2D eigenvalue weighted by Crippen LogP contribution is 2.27. The topological polar surface area (TPSA) is 21.3 Å². The SMILES string of the molecule is Cc1ccc(Cl)cc1NCc1cc(Cl)ccc1OCc1cccc(Cl)c1. The van der Waals surface area contributed by atoms with E-state index in [1.165, 1.54) is 0 Å². The van der Waals surface area contributed by atoms with Crippen molar-refractivity contribution in [3.05, 3.63) is 92.4 Å². The van der Waals surface area contributed by atoms with Crippen LogP contribution in [-0.4, -0.2) is 0 Å². The Labute approximate surface area is 168 Å². The summed E-state index contributed by atoms with van der Waals surface area (Å²) in [5, 5.41) is 5.46. The summed E-state index contributed by atoms with van der Waals surface area (Å²) >= 11 is 18.3. The van der Waals surface area contributed by atoms with Gasteiger partial charge in [0.05, 0.1) is 0 Å². The first kappa shape index (κ1) is 18.9. The van der Waals surface area contributed by atoms with E-state index in [4.69, 9.17) is 39.5 Å². The molecule has 0 aliphatic rings. The molecule has 0 fully saturated rings. The summed E-state index contributed by atoms with van der Waals surface area (Å²) in [6.45, 7) is 3.05. The minimum absolute atomic E-state index is 0.436. The molecule has 26 heavy (non-hydrogen) atoms. The van der Waals surface area contributed by atoms with Gasteiger partial charge < -0.3 is 10.1 Å². The normalized spacial score (nSPS) is 10.6. The van der Waals surface area contributed by atoms with Crippen molar-refractivity contribution in [1.29, 1.82) is 0 Å². The fraction of sp³-hybridized carbons (Fsp3) is 0.143. The van der Waals surface area contributed by atoms with Gasteiger partial charge in [-0.2, -0.15) is 0 Å². The first-order valence-corrected chi connectivity index (χ1v) is 9.30. The molecule has 0 radical (unpaired) electrons. The van der Waals surface area contributed by atoms with Gasteiger partial charge in [-0.05, 0) is 60.5 Å². The van der Waals surface area contributed by atoms with Gasteiger partial charge in [0.25, 0.3) is 0 Å². The minimum atomic E-state index is 0.436. The second kappa shape index (κ2) is 8.68. The highest BCUT2D eigenvalue weighted by molar-refractivity contribution is 6.31. The molecule has 0 amide bonds. The average Bonchev–Trinajstić information content (AvgIpc) is 2.62. The summed E-state index contributed by atoms with van der Waals surface area (Å²) in [5.74, 6) is 0.779. The Morgan fingerprint density at radius 2 is 1.58 bits per heavy atom. The molecule has 0 spiro atoms. The summed E-state index contributed by atoms with van der Waals surface area (Å²) in [6.07, 6.45) is 0. The average molecular weight is 407 g/mol. The van der Waals surface area contributed by atoms with Crippen molar-refractivity contribution in [3.63, 3.8) is 0 Å². The minimum Gasteiger partial charge on any atom is -0.489 e. The van der Waals surface area contributed by atoms with E-state index < -0.39 is 0 Å². The molecule has 0 aromatic heterocycles. The van der Waals surface area contributed by atoms with Crippen molar-refractivity contribution in [3.8, 4) is 5.75 Å². The Morgan fingerprint density at radius 3 is 2.38 bits per heavy atom. The van der Waals surface area contributed by atoms with E-state index in [9.17, 15) is 0 Å². The van der Waals surface area contributed by atoms with Gasteiger partial charge in [0, 0.05) is 32.9 Å². The van der Waals surface area contributed by atoms with Gasteiger partial charge in [-0.25, -0.2) is 0 Å². The summed E-state index contributed by atoms with van der Waals surface area (Å²) in [7, 11) is 0. The number of rotatable bonds is 6. The van der Waals surface area contributed by atoms with Crippen molar-refractivity contribution in [2.45, 2.75) is 20.1 Å². The molecule has 0 aliphatic heterocycles. The van der Waals surface area contributed by atoms with Crippen LogP contribution >= 0.6 is 34.8 Å². The number of anilines is 1. The highest BCUT2D eigenvalue weighted by Gasteiger charge is 2.07. The van der Waals surface area contributed by atoms with E-state index in [0.29, 0.717) is 28.2 Å². The van der Waals surface area contributed by atoms with Crippen LogP contribution in [-0.2, 0) is 13.2 Å². The molecule has 134 valence electrons. The molecule has 0 heterocycles. The van der Waals surface area contributed by atoms with Crippen molar-refractivity contribution < 1.29 is 4.74 Å². The number of nitrogens with one attached hydrogen (secondary N) is 1. The van der Waals surface area contributed by atoms with Crippen LogP contribution in [0, 0.1) is 6.92 Å². The van der Waals surface area contributed by atoms with E-state index in [1.807, 2.05) is 67.6 Å². The molecule has 0 unspecified atom stereocenters. The Balaban J connectivity index is 1.74. The fourth-order valence-electron chi connectivity index (χ4n) is 2.59. The first-order chi connectivity index (χ1) is 12.5. The quantitative estimate of drug-likeness (QED) is 0.469. The second-order valence-electron chi connectivity index (χ2n) is 5.98. The number of ether oxygens (including phenoxy) is 1. The van der Waals surface area contributed by atoms with Gasteiger partial charge in [-0.15, -0.1) is 0 Å². The third-order valence-electron chi connectivity index (χ3n) is 3.97. The Kier molecular flexibility index (Phi) is 6.31. The van der Waals surface area contributed by atoms with Crippen molar-refractivity contribution >= 4 is 40.5 Å². The molecule has 3 rings (SSSR count). The maximum Gasteiger partial charge on any atom is 0.124 e. The van der Waals surface area contributed by atoms with Gasteiger partial charge in [0.15, 0.2) is 0 Å². The third-order valence-corrected chi connectivity index (χ3v) is 4.68. The van der Waals surface area contributed by atoms with Crippen molar-refractivity contribution in [2.75, 3.05) is 5.32 Å². The summed E-state index contributed by atoms with van der Waals surface area (Å²) in [6, 6.07) is 19.0. The van der Waals surface area contributed by atoms with Gasteiger partial charge in [0.2, 0.25) is 0 Å². The van der Waals surface area contributed by atoms with Gasteiger partial charge in [0.1, 0.15) is 12.4 Å². The lowest BCUT2D eigenvalue weighted by molar-refractivity contribution is 0.303. The molecule has 1 N–H and O–H groups in total. The van der Waals surface area contributed by atoms with Crippen LogP contribution in [0.15, 0.2) is 60.7 Å². The number of hydrogen-bond acceptors (Lipinski definition) is 2. The lowest BCUT2D eigenvalue weighted by Crippen LogP contribution is -2.05. The number of aryl methyl sites for hydroxylation is 1. The predicted molar refractivity (Wildman–Crippen MR) is 111 cm³/mol. The Morgan fingerprint density at radius 1 is 0.846 bits per heavy atom. The molecule has 0 bridgehead atoms. The molecular formula is C21H18Cl3NO. The zero-order valence-corrected chi connectivity index (χ0v) is 16.5. The molecule has 5 heteroatoms. The van der Waals surface area contributed by atoms with Crippen LogP contribution in [0.2, 0.25) is 15.1 Å². The van der Waals surface area contributed by atoms with Gasteiger partial charge in [-0.3, -0.25) is 0 Å². The van der Waals surface area contributed by atoms with Crippen LogP contribution in [0.3, 0.4) is 0 Å². The summed E-state index contributed by atoms with van der Waals surface area (Å²) in [5.41, 5.74) is 4.09. The maximum absolute atomic E-state index is 6.17. The largest absolute Gasteiger partial charge is 0.489 e. The molecule has 0 aliphatic carbocycles. The Hall–Kier alpha value is -1.87. The smallest absolute Gasteiger partial charge is 0.124 e. The molecule has 3 aromatic rings. The Bertz CT molecular complexity index is 912. The van der Waals surface area contributed by atoms with E-state index in [0.717, 1.165) is 28.1 Å². The van der Waals surface area contributed by atoms with Gasteiger partial charge in [-0.1, -0.05) is 53.0 Å². The van der Waals surface area contributed by atoms with Crippen LogP contribution < -0.4 is 10.1 Å². The zero-order chi connectivity index (χ0) is 18.5. The second-order valence-corrected chi connectivity index (χ2v) is 7.29. The van der Waals surface area contributed by atoms with E-state index in [2.05, 4.69) is 5.32 Å². The van der Waals surface area contributed by atoms with Crippen molar-refractivity contribution in [2.24, 2.45) is 0 Å². The number of hydrogen-bond donors (Lipinski definition) is 1. The third kappa shape index (κ3) is 5.07. The zero-order valence-electron chi connectivity index (χ0n) is 14.2. The summed E-state index contributed by atoms with van der Waals surface area (Å²) < 4.78 is 5.99. The molecule has 0 atom stereocenters. The molecule has 3 aromatic carbocycles.